The standard InChI is InChI=1S/C29H43N5O7/c1-4-19(2)25-29(39)33-16-8-6-10-24(33)28(38)34(40)23(9-5-7-15-30-18-35)27(37)31-22(26(36)32-25)17-20-11-13-21(41-3)14-12-20/h11-14,18-19,22-25,40H,4-10,15-17H2,1-3H3,(H,30,35)(H,31,37)(H,32,36)/t19-,22+,23-,24+,25-/m0/s1. The van der Waals surface area contributed by atoms with Crippen molar-refractivity contribution in [3.8, 4) is 5.75 Å². The zero-order chi connectivity index (χ0) is 29.9. The van der Waals surface area contributed by atoms with E-state index >= 15 is 0 Å². The van der Waals surface area contributed by atoms with Crippen LogP contribution in [-0.2, 0) is 30.4 Å². The molecule has 2 aliphatic heterocycles. The highest BCUT2D eigenvalue weighted by Crippen LogP contribution is 2.24. The molecule has 3 rings (SSSR count). The predicted molar refractivity (Wildman–Crippen MR) is 150 cm³/mol. The Balaban J connectivity index is 1.98. The van der Waals surface area contributed by atoms with Crippen molar-refractivity contribution in [2.24, 2.45) is 5.92 Å². The van der Waals surface area contributed by atoms with E-state index in [-0.39, 0.29) is 24.7 Å². The van der Waals surface area contributed by atoms with E-state index in [2.05, 4.69) is 16.0 Å². The fraction of sp³-hybridized carbons (Fsp3) is 0.621. The van der Waals surface area contributed by atoms with Gasteiger partial charge in [-0.15, -0.1) is 0 Å². The number of hydrogen-bond acceptors (Lipinski definition) is 7. The number of nitrogens with one attached hydrogen (secondary N) is 3. The molecule has 4 N–H and O–H groups in total. The molecule has 1 aromatic carbocycles. The van der Waals surface area contributed by atoms with Gasteiger partial charge in [0, 0.05) is 19.5 Å². The summed E-state index contributed by atoms with van der Waals surface area (Å²) in [5.74, 6) is -1.88. The van der Waals surface area contributed by atoms with Crippen molar-refractivity contribution < 1.29 is 33.9 Å². The summed E-state index contributed by atoms with van der Waals surface area (Å²) in [4.78, 5) is 66.9. The van der Waals surface area contributed by atoms with Gasteiger partial charge in [0.1, 0.15) is 29.9 Å². The number of methoxy groups -OCH3 is 1. The molecule has 1 aromatic rings. The number of rotatable bonds is 11. The van der Waals surface area contributed by atoms with Gasteiger partial charge >= 0.3 is 0 Å². The number of fused-ring (bicyclic) bond motifs is 1. The number of ether oxygens (including phenoxy) is 1. The van der Waals surface area contributed by atoms with Crippen molar-refractivity contribution in [1.82, 2.24) is 25.9 Å². The molecular weight excluding hydrogens is 530 g/mol. The molecule has 0 aliphatic carbocycles. The molecule has 2 aliphatic rings. The highest BCUT2D eigenvalue weighted by Gasteiger charge is 2.43. The van der Waals surface area contributed by atoms with Gasteiger partial charge in [-0.1, -0.05) is 32.4 Å². The van der Waals surface area contributed by atoms with Crippen LogP contribution in [0.4, 0.5) is 0 Å². The summed E-state index contributed by atoms with van der Waals surface area (Å²) < 4.78 is 5.22. The van der Waals surface area contributed by atoms with E-state index in [0.717, 1.165) is 5.56 Å². The lowest BCUT2D eigenvalue weighted by Gasteiger charge is -2.41. The highest BCUT2D eigenvalue weighted by molar-refractivity contribution is 5.97. The number of hydroxylamine groups is 2. The van der Waals surface area contributed by atoms with Crippen molar-refractivity contribution in [2.45, 2.75) is 89.4 Å². The quantitative estimate of drug-likeness (QED) is 0.176. The van der Waals surface area contributed by atoms with Crippen LogP contribution in [0, 0.1) is 5.92 Å². The van der Waals surface area contributed by atoms with Gasteiger partial charge in [0.25, 0.3) is 5.91 Å². The lowest BCUT2D eigenvalue weighted by molar-refractivity contribution is -0.188. The number of piperidine rings is 1. The minimum Gasteiger partial charge on any atom is -0.497 e. The first-order valence-electron chi connectivity index (χ1n) is 14.4. The van der Waals surface area contributed by atoms with Gasteiger partial charge < -0.3 is 25.6 Å². The Morgan fingerprint density at radius 3 is 2.46 bits per heavy atom. The normalized spacial score (nSPS) is 24.8. The van der Waals surface area contributed by atoms with Crippen LogP contribution in [0.15, 0.2) is 24.3 Å². The van der Waals surface area contributed by atoms with E-state index in [1.54, 1.807) is 31.4 Å². The average Bonchev–Trinajstić information content (AvgIpc) is 2.99. The van der Waals surface area contributed by atoms with Gasteiger partial charge in [0.15, 0.2) is 0 Å². The molecule has 12 heteroatoms. The summed E-state index contributed by atoms with van der Waals surface area (Å²) in [6.07, 6.45) is 4.06. The molecule has 2 saturated heterocycles. The Bertz CT molecular complexity index is 1070. The summed E-state index contributed by atoms with van der Waals surface area (Å²) in [5.41, 5.74) is 0.745. The number of carbonyl (C=O) groups excluding carboxylic acids is 5. The van der Waals surface area contributed by atoms with Crippen LogP contribution in [-0.4, -0.2) is 89.6 Å². The van der Waals surface area contributed by atoms with Gasteiger partial charge in [-0.3, -0.25) is 29.2 Å². The molecule has 5 atom stereocenters. The number of unbranched alkanes of at least 4 members (excludes halogenated alkanes) is 1. The van der Waals surface area contributed by atoms with Crippen molar-refractivity contribution in [3.05, 3.63) is 29.8 Å². The van der Waals surface area contributed by atoms with Crippen LogP contribution < -0.4 is 20.7 Å². The molecular formula is C29H43N5O7. The predicted octanol–water partition coefficient (Wildman–Crippen LogP) is 1.15. The Kier molecular flexibility index (Phi) is 11.9. The summed E-state index contributed by atoms with van der Waals surface area (Å²) >= 11 is 0. The Morgan fingerprint density at radius 2 is 1.80 bits per heavy atom. The summed E-state index contributed by atoms with van der Waals surface area (Å²) in [6.45, 7) is 4.47. The lowest BCUT2D eigenvalue weighted by Crippen LogP contribution is -2.64. The van der Waals surface area contributed by atoms with Crippen LogP contribution in [0.25, 0.3) is 0 Å². The first kappa shape index (κ1) is 31.9. The third-order valence-corrected chi connectivity index (χ3v) is 8.04. The van der Waals surface area contributed by atoms with Crippen molar-refractivity contribution >= 4 is 30.0 Å². The molecule has 0 radical (unpaired) electrons. The maximum atomic E-state index is 13.9. The van der Waals surface area contributed by atoms with Gasteiger partial charge in [-0.25, -0.2) is 5.06 Å². The van der Waals surface area contributed by atoms with Crippen molar-refractivity contribution in [2.75, 3.05) is 20.2 Å². The maximum Gasteiger partial charge on any atom is 0.269 e. The van der Waals surface area contributed by atoms with Crippen LogP contribution in [0.5, 0.6) is 5.75 Å². The second-order valence-corrected chi connectivity index (χ2v) is 10.8. The monoisotopic (exact) mass is 573 g/mol. The second-order valence-electron chi connectivity index (χ2n) is 10.8. The van der Waals surface area contributed by atoms with E-state index in [1.165, 1.54) is 4.90 Å². The zero-order valence-electron chi connectivity index (χ0n) is 24.1. The summed E-state index contributed by atoms with van der Waals surface area (Å²) in [7, 11) is 1.55. The lowest BCUT2D eigenvalue weighted by atomic mass is 9.93. The van der Waals surface area contributed by atoms with Gasteiger partial charge in [0.05, 0.1) is 7.11 Å². The van der Waals surface area contributed by atoms with E-state index in [1.807, 2.05) is 13.8 Å². The molecule has 0 bridgehead atoms. The third-order valence-electron chi connectivity index (χ3n) is 8.04. The number of carbonyl (C=O) groups is 5. The highest BCUT2D eigenvalue weighted by atomic mass is 16.5. The average molecular weight is 574 g/mol. The smallest absolute Gasteiger partial charge is 0.269 e. The van der Waals surface area contributed by atoms with Crippen LogP contribution >= 0.6 is 0 Å². The summed E-state index contributed by atoms with van der Waals surface area (Å²) in [6, 6.07) is 2.86. The second kappa shape index (κ2) is 15.4. The SMILES string of the molecule is CC[C@H](C)[C@@H]1NC(=O)[C@@H](Cc2ccc(OC)cc2)NC(=O)[C@H](CCCCNC=O)N(O)C(=O)[C@H]2CCCCN2C1=O. The van der Waals surface area contributed by atoms with E-state index in [0.29, 0.717) is 68.8 Å². The van der Waals surface area contributed by atoms with Gasteiger partial charge in [0.2, 0.25) is 24.1 Å². The first-order chi connectivity index (χ1) is 19.7. The van der Waals surface area contributed by atoms with Crippen molar-refractivity contribution in [1.29, 1.82) is 0 Å². The fourth-order valence-electron chi connectivity index (χ4n) is 5.34. The Labute approximate surface area is 241 Å². The first-order valence-corrected chi connectivity index (χ1v) is 14.4. The largest absolute Gasteiger partial charge is 0.497 e. The van der Waals surface area contributed by atoms with E-state index < -0.39 is 41.9 Å². The molecule has 226 valence electrons. The zero-order valence-corrected chi connectivity index (χ0v) is 24.1. The van der Waals surface area contributed by atoms with Crippen LogP contribution in [0.2, 0.25) is 0 Å². The number of amides is 5. The molecule has 5 amide bonds. The molecule has 0 spiro atoms. The van der Waals surface area contributed by atoms with Crippen molar-refractivity contribution in [3.63, 3.8) is 0 Å². The number of benzene rings is 1. The maximum absolute atomic E-state index is 13.9. The van der Waals surface area contributed by atoms with E-state index in [4.69, 9.17) is 4.74 Å². The number of nitrogens with zero attached hydrogens (tertiary/aromatic N) is 2. The minimum absolute atomic E-state index is 0.0989. The molecule has 41 heavy (non-hydrogen) atoms. The van der Waals surface area contributed by atoms with Crippen LogP contribution in [0.3, 0.4) is 0 Å². The van der Waals surface area contributed by atoms with Gasteiger partial charge in [-0.05, 0) is 62.1 Å². The molecule has 2 fully saturated rings. The fourth-order valence-corrected chi connectivity index (χ4v) is 5.34. The number of hydrogen-bond donors (Lipinski definition) is 4. The molecule has 2 heterocycles. The molecule has 0 unspecified atom stereocenters. The molecule has 0 saturated carbocycles. The topological polar surface area (TPSA) is 157 Å². The minimum atomic E-state index is -1.28. The summed E-state index contributed by atoms with van der Waals surface area (Å²) in [5, 5.41) is 19.8. The van der Waals surface area contributed by atoms with Crippen LogP contribution in [0.1, 0.15) is 64.4 Å². The molecule has 0 aromatic heterocycles. The molecule has 12 nitrogen and oxygen atoms in total. The third kappa shape index (κ3) is 8.18. The Morgan fingerprint density at radius 1 is 1.07 bits per heavy atom. The Hall–Kier alpha value is -3.67. The van der Waals surface area contributed by atoms with Gasteiger partial charge in [-0.2, -0.15) is 0 Å². The van der Waals surface area contributed by atoms with E-state index in [9.17, 15) is 29.2 Å².